The van der Waals surface area contributed by atoms with Crippen LogP contribution in [0, 0.1) is 5.82 Å². The Labute approximate surface area is 290 Å². The van der Waals surface area contributed by atoms with Gasteiger partial charge in [0.25, 0.3) is 5.91 Å². The van der Waals surface area contributed by atoms with Crippen LogP contribution in [-0.4, -0.2) is 44.6 Å². The number of carbonyl (C=O) groups excluding carboxylic acids is 3. The van der Waals surface area contributed by atoms with Crippen molar-refractivity contribution in [2.24, 2.45) is 0 Å². The first kappa shape index (κ1) is 36.9. The number of rotatable bonds is 14. The number of aliphatic carboxylic acids is 1. The third kappa shape index (κ3) is 9.24. The van der Waals surface area contributed by atoms with Crippen molar-refractivity contribution in [3.05, 3.63) is 107 Å². The van der Waals surface area contributed by atoms with Crippen LogP contribution in [0.15, 0.2) is 78.9 Å². The molecular formula is C36H38FN2NaO6. The number of Topliss-reactive ketones (excluding diaryl/α,β-unsaturated/α-hetero) is 1. The van der Waals surface area contributed by atoms with Crippen LogP contribution in [0.5, 0.6) is 0 Å². The van der Waals surface area contributed by atoms with Crippen molar-refractivity contribution in [2.45, 2.75) is 71.2 Å². The Bertz CT molecular complexity index is 1640. The summed E-state index contributed by atoms with van der Waals surface area (Å²) < 4.78 is 16.0. The van der Waals surface area contributed by atoms with Gasteiger partial charge in [-0.1, -0.05) is 66.7 Å². The average molecular weight is 637 g/mol. The first-order chi connectivity index (χ1) is 21.5. The van der Waals surface area contributed by atoms with Crippen molar-refractivity contribution in [2.75, 3.05) is 0 Å². The van der Waals surface area contributed by atoms with Crippen molar-refractivity contribution in [1.29, 1.82) is 0 Å². The van der Waals surface area contributed by atoms with Gasteiger partial charge in [-0.25, -0.2) is 4.39 Å². The fraction of sp³-hybridized carbons (Fsp3) is 0.306. The SMILES string of the molecule is CC(=O)c1ccc(CNC(=O)c2c(-c3ccccc3)c(-c3ccc(F)cc3)c(CC[C@@H](O)C[C@@H](O)CC(=O)[O-])n2C(C)C)cc1.[Na+]. The summed E-state index contributed by atoms with van der Waals surface area (Å²) in [6, 6.07) is 22.3. The normalized spacial score (nSPS) is 12.3. The maximum Gasteiger partial charge on any atom is 1.00 e. The molecule has 1 heterocycles. The van der Waals surface area contributed by atoms with Gasteiger partial charge in [-0.3, -0.25) is 9.59 Å². The van der Waals surface area contributed by atoms with Gasteiger partial charge in [0.05, 0.1) is 12.2 Å². The van der Waals surface area contributed by atoms with Crippen LogP contribution in [0.3, 0.4) is 0 Å². The fourth-order valence-electron chi connectivity index (χ4n) is 5.62. The van der Waals surface area contributed by atoms with Crippen LogP contribution in [0.1, 0.15) is 78.2 Å². The Morgan fingerprint density at radius 2 is 1.48 bits per heavy atom. The molecule has 0 unspecified atom stereocenters. The summed E-state index contributed by atoms with van der Waals surface area (Å²) in [6.45, 7) is 5.60. The van der Waals surface area contributed by atoms with E-state index in [1.165, 1.54) is 19.1 Å². The Morgan fingerprint density at radius 3 is 2.04 bits per heavy atom. The number of amides is 1. The van der Waals surface area contributed by atoms with E-state index in [2.05, 4.69) is 5.32 Å². The van der Waals surface area contributed by atoms with Gasteiger partial charge in [0, 0.05) is 47.4 Å². The molecule has 0 aliphatic carbocycles. The molecule has 0 aliphatic rings. The number of carboxylic acids is 1. The molecule has 1 aromatic heterocycles. The molecule has 4 rings (SSSR count). The van der Waals surface area contributed by atoms with Crippen LogP contribution in [0.25, 0.3) is 22.3 Å². The van der Waals surface area contributed by atoms with Crippen molar-refractivity contribution in [1.82, 2.24) is 9.88 Å². The average Bonchev–Trinajstić information content (AvgIpc) is 3.35. The monoisotopic (exact) mass is 636 g/mol. The first-order valence-corrected chi connectivity index (χ1v) is 15.0. The number of aliphatic hydroxyl groups excluding tert-OH is 2. The number of halogens is 1. The van der Waals surface area contributed by atoms with E-state index in [0.29, 0.717) is 27.9 Å². The van der Waals surface area contributed by atoms with Gasteiger partial charge >= 0.3 is 29.6 Å². The first-order valence-electron chi connectivity index (χ1n) is 15.0. The molecule has 46 heavy (non-hydrogen) atoms. The molecule has 236 valence electrons. The third-order valence-corrected chi connectivity index (χ3v) is 7.71. The summed E-state index contributed by atoms with van der Waals surface area (Å²) in [4.78, 5) is 36.8. The molecule has 3 aromatic carbocycles. The molecule has 0 aliphatic heterocycles. The Hall–Kier alpha value is -3.60. The second-order valence-electron chi connectivity index (χ2n) is 11.5. The molecule has 8 nitrogen and oxygen atoms in total. The minimum Gasteiger partial charge on any atom is -0.550 e. The number of nitrogens with one attached hydrogen (secondary N) is 1. The quantitative estimate of drug-likeness (QED) is 0.143. The van der Waals surface area contributed by atoms with E-state index >= 15 is 0 Å². The van der Waals surface area contributed by atoms with E-state index in [4.69, 9.17) is 0 Å². The fourth-order valence-corrected chi connectivity index (χ4v) is 5.62. The van der Waals surface area contributed by atoms with Gasteiger partial charge in [-0.15, -0.1) is 0 Å². The van der Waals surface area contributed by atoms with Crippen LogP contribution >= 0.6 is 0 Å². The van der Waals surface area contributed by atoms with Crippen LogP contribution in [0.4, 0.5) is 4.39 Å². The molecule has 0 radical (unpaired) electrons. The van der Waals surface area contributed by atoms with Gasteiger partial charge in [0.15, 0.2) is 5.78 Å². The molecular weight excluding hydrogens is 598 g/mol. The molecule has 4 aromatic rings. The number of carbonyl (C=O) groups is 3. The Morgan fingerprint density at radius 1 is 0.870 bits per heavy atom. The van der Waals surface area contributed by atoms with E-state index in [0.717, 1.165) is 16.8 Å². The van der Waals surface area contributed by atoms with Crippen molar-refractivity contribution in [3.63, 3.8) is 0 Å². The maximum absolute atomic E-state index is 14.2. The number of carboxylic acid groups (broad SMARTS) is 1. The summed E-state index contributed by atoms with van der Waals surface area (Å²) in [6.07, 6.45) is -2.56. The number of hydrogen-bond donors (Lipinski definition) is 3. The molecule has 3 N–H and O–H groups in total. The Balaban J connectivity index is 0.00000576. The molecule has 10 heteroatoms. The van der Waals surface area contributed by atoms with Crippen LogP contribution in [0.2, 0.25) is 0 Å². The van der Waals surface area contributed by atoms with E-state index in [1.54, 1.807) is 36.4 Å². The summed E-state index contributed by atoms with van der Waals surface area (Å²) in [5, 5.41) is 34.8. The maximum atomic E-state index is 14.2. The molecule has 0 saturated carbocycles. The van der Waals surface area contributed by atoms with Gasteiger partial charge in [-0.05, 0) is 68.9 Å². The standard InChI is InChI=1S/C36H39FN2O6.Na/c1-22(2)39-31(18-17-29(41)19-30(42)20-32(43)44)33(27-13-15-28(37)16-14-27)34(26-7-5-4-6-8-26)35(39)36(45)38-21-24-9-11-25(12-10-24)23(3)40;/h4-16,22,29-30,41-42H,17-21H2,1-3H3,(H,38,45)(H,43,44);/q;+1/p-1/t29-,30-;/m1./s1. The summed E-state index contributed by atoms with van der Waals surface area (Å²) in [5.41, 5.74) is 5.36. The number of benzene rings is 3. The molecule has 0 saturated heterocycles. The van der Waals surface area contributed by atoms with E-state index in [9.17, 15) is 34.1 Å². The third-order valence-electron chi connectivity index (χ3n) is 7.71. The number of hydrogen-bond acceptors (Lipinski definition) is 6. The van der Waals surface area contributed by atoms with Gasteiger partial charge < -0.3 is 30.0 Å². The van der Waals surface area contributed by atoms with Crippen LogP contribution < -0.4 is 40.0 Å². The van der Waals surface area contributed by atoms with Gasteiger partial charge in [0.1, 0.15) is 11.5 Å². The Kier molecular flexibility index (Phi) is 13.5. The zero-order valence-electron chi connectivity index (χ0n) is 26.6. The molecule has 0 bridgehead atoms. The predicted octanol–water partition coefficient (Wildman–Crippen LogP) is 1.86. The van der Waals surface area contributed by atoms with Crippen molar-refractivity contribution < 1.29 is 63.7 Å². The summed E-state index contributed by atoms with van der Waals surface area (Å²) >= 11 is 0. The number of nitrogens with zero attached hydrogens (tertiary/aromatic N) is 1. The molecule has 0 spiro atoms. The predicted molar refractivity (Wildman–Crippen MR) is 168 cm³/mol. The van der Waals surface area contributed by atoms with Gasteiger partial charge in [0.2, 0.25) is 0 Å². The smallest absolute Gasteiger partial charge is 0.550 e. The molecule has 1 amide bonds. The second kappa shape index (κ2) is 16.8. The number of ketones is 1. The summed E-state index contributed by atoms with van der Waals surface area (Å²) in [7, 11) is 0. The van der Waals surface area contributed by atoms with E-state index in [1.807, 2.05) is 48.7 Å². The van der Waals surface area contributed by atoms with E-state index < -0.39 is 30.4 Å². The zero-order valence-corrected chi connectivity index (χ0v) is 28.6. The minimum atomic E-state index is -1.40. The summed E-state index contributed by atoms with van der Waals surface area (Å²) in [5.74, 6) is -2.19. The minimum absolute atomic E-state index is 0. The zero-order chi connectivity index (χ0) is 32.7. The van der Waals surface area contributed by atoms with Crippen LogP contribution in [-0.2, 0) is 17.8 Å². The van der Waals surface area contributed by atoms with Gasteiger partial charge in [-0.2, -0.15) is 0 Å². The molecule has 2 atom stereocenters. The largest absolute Gasteiger partial charge is 1.00 e. The number of aliphatic hydroxyl groups is 2. The van der Waals surface area contributed by atoms with E-state index in [-0.39, 0.29) is 73.1 Å². The van der Waals surface area contributed by atoms with Crippen molar-refractivity contribution >= 4 is 17.7 Å². The molecule has 0 fully saturated rings. The second-order valence-corrected chi connectivity index (χ2v) is 11.5. The number of aromatic nitrogens is 1. The topological polar surface area (TPSA) is 132 Å². The van der Waals surface area contributed by atoms with Crippen molar-refractivity contribution in [3.8, 4) is 22.3 Å².